The van der Waals surface area contributed by atoms with Gasteiger partial charge >= 0.3 is 12.0 Å². The Hall–Kier alpha value is -1.95. The minimum absolute atomic E-state index is 0.234. The zero-order chi connectivity index (χ0) is 16.2. The highest BCUT2D eigenvalue weighted by atomic mass is 35.5. The predicted octanol–water partition coefficient (Wildman–Crippen LogP) is 2.89. The van der Waals surface area contributed by atoms with E-state index in [0.717, 1.165) is 5.56 Å². The number of benzene rings is 1. The van der Waals surface area contributed by atoms with Crippen molar-refractivity contribution < 1.29 is 19.4 Å². The number of aliphatic carboxylic acids is 1. The monoisotopic (exact) mass is 314 g/mol. The molecule has 0 unspecified atom stereocenters. The summed E-state index contributed by atoms with van der Waals surface area (Å²) < 4.78 is 5.14. The molecule has 0 bridgehead atoms. The highest BCUT2D eigenvalue weighted by molar-refractivity contribution is 6.31. The highest BCUT2D eigenvalue weighted by Gasteiger charge is 2.23. The van der Waals surface area contributed by atoms with Gasteiger partial charge in [0.05, 0.1) is 12.8 Å². The summed E-state index contributed by atoms with van der Waals surface area (Å²) in [6, 6.07) is 1.66. The number of hydrogen-bond acceptors (Lipinski definition) is 3. The number of carbonyl (C=O) groups excluding carboxylic acids is 1. The molecule has 3 N–H and O–H groups in total. The lowest BCUT2D eigenvalue weighted by Crippen LogP contribution is -2.46. The molecule has 1 rings (SSSR count). The Balaban J connectivity index is 2.88. The summed E-state index contributed by atoms with van der Waals surface area (Å²) in [5.41, 5.74) is 1.19. The number of methoxy groups -OCH3 is 1. The maximum Gasteiger partial charge on any atom is 0.326 e. The fraction of sp³-hybridized carbons (Fsp3) is 0.429. The Morgan fingerprint density at radius 1 is 1.33 bits per heavy atom. The van der Waals surface area contributed by atoms with Crippen molar-refractivity contribution in [2.24, 2.45) is 5.92 Å². The van der Waals surface area contributed by atoms with Gasteiger partial charge in [-0.2, -0.15) is 0 Å². The zero-order valence-corrected chi connectivity index (χ0v) is 13.1. The molecule has 0 aliphatic rings. The van der Waals surface area contributed by atoms with Gasteiger partial charge < -0.3 is 20.5 Å². The van der Waals surface area contributed by atoms with Crippen molar-refractivity contribution in [1.82, 2.24) is 5.32 Å². The summed E-state index contributed by atoms with van der Waals surface area (Å²) in [4.78, 5) is 23.0. The molecule has 0 saturated carbocycles. The SMILES string of the molecule is COc1cc(Cl)c(C)cc1NC(=O)N[C@@H](C(=O)O)C(C)C. The summed E-state index contributed by atoms with van der Waals surface area (Å²) in [6.45, 7) is 5.22. The van der Waals surface area contributed by atoms with Gasteiger partial charge in [-0.15, -0.1) is 0 Å². The van der Waals surface area contributed by atoms with E-state index in [0.29, 0.717) is 16.5 Å². The van der Waals surface area contributed by atoms with E-state index in [-0.39, 0.29) is 5.92 Å². The summed E-state index contributed by atoms with van der Waals surface area (Å²) in [5.74, 6) is -0.918. The first-order chi connectivity index (χ1) is 9.76. The molecule has 1 aromatic rings. The normalized spacial score (nSPS) is 11.9. The summed E-state index contributed by atoms with van der Waals surface area (Å²) in [5, 5.41) is 14.6. The second-order valence-electron chi connectivity index (χ2n) is 4.96. The smallest absolute Gasteiger partial charge is 0.326 e. The van der Waals surface area contributed by atoms with Gasteiger partial charge in [0, 0.05) is 11.1 Å². The maximum atomic E-state index is 11.9. The van der Waals surface area contributed by atoms with Crippen LogP contribution in [0.15, 0.2) is 12.1 Å². The topological polar surface area (TPSA) is 87.7 Å². The number of anilines is 1. The van der Waals surface area contributed by atoms with Gasteiger partial charge in [-0.3, -0.25) is 0 Å². The van der Waals surface area contributed by atoms with Gasteiger partial charge in [0.15, 0.2) is 0 Å². The molecular formula is C14H19ClN2O4. The van der Waals surface area contributed by atoms with Gasteiger partial charge in [0.25, 0.3) is 0 Å². The molecule has 6 nitrogen and oxygen atoms in total. The van der Waals surface area contributed by atoms with E-state index < -0.39 is 18.0 Å². The third kappa shape index (κ3) is 4.53. The maximum absolute atomic E-state index is 11.9. The standard InChI is InChI=1S/C14H19ClN2O4/c1-7(2)12(13(18)19)17-14(20)16-10-5-8(3)9(15)6-11(10)21-4/h5-7,12H,1-4H3,(H,18,19)(H2,16,17,20)/t12-/m1/s1. The molecule has 2 amide bonds. The van der Waals surface area contributed by atoms with Crippen LogP contribution in [-0.2, 0) is 4.79 Å². The van der Waals surface area contributed by atoms with Crippen molar-refractivity contribution in [2.75, 3.05) is 12.4 Å². The molecule has 0 saturated heterocycles. The lowest BCUT2D eigenvalue weighted by molar-refractivity contribution is -0.140. The molecule has 0 heterocycles. The molecule has 116 valence electrons. The lowest BCUT2D eigenvalue weighted by Gasteiger charge is -2.19. The lowest BCUT2D eigenvalue weighted by atomic mass is 10.1. The second kappa shape index (κ2) is 7.17. The van der Waals surface area contributed by atoms with Crippen LogP contribution in [0.5, 0.6) is 5.75 Å². The summed E-state index contributed by atoms with van der Waals surface area (Å²) in [7, 11) is 1.46. The zero-order valence-electron chi connectivity index (χ0n) is 12.4. The van der Waals surface area contributed by atoms with Gasteiger partial charge in [0.2, 0.25) is 0 Å². The first-order valence-corrected chi connectivity index (χ1v) is 6.78. The van der Waals surface area contributed by atoms with Crippen LogP contribution >= 0.6 is 11.6 Å². The highest BCUT2D eigenvalue weighted by Crippen LogP contribution is 2.30. The number of urea groups is 1. The molecule has 0 fully saturated rings. The molecule has 7 heteroatoms. The number of nitrogens with one attached hydrogen (secondary N) is 2. The number of ether oxygens (including phenoxy) is 1. The van der Waals surface area contributed by atoms with Crippen molar-refractivity contribution in [3.8, 4) is 5.75 Å². The van der Waals surface area contributed by atoms with Crippen LogP contribution in [0.2, 0.25) is 5.02 Å². The van der Waals surface area contributed by atoms with Crippen LogP contribution < -0.4 is 15.4 Å². The molecule has 1 atom stereocenters. The Morgan fingerprint density at radius 3 is 2.43 bits per heavy atom. The van der Waals surface area contributed by atoms with Crippen LogP contribution in [0.3, 0.4) is 0 Å². The Bertz CT molecular complexity index is 546. The largest absolute Gasteiger partial charge is 0.495 e. The van der Waals surface area contributed by atoms with Crippen molar-refractivity contribution in [3.05, 3.63) is 22.7 Å². The number of aryl methyl sites for hydroxylation is 1. The number of rotatable bonds is 5. The number of carboxylic acid groups (broad SMARTS) is 1. The van der Waals surface area contributed by atoms with E-state index in [4.69, 9.17) is 21.4 Å². The Kier molecular flexibility index (Phi) is 5.84. The average Bonchev–Trinajstić information content (AvgIpc) is 2.39. The van der Waals surface area contributed by atoms with Gasteiger partial charge in [-0.05, 0) is 24.5 Å². The minimum atomic E-state index is -1.08. The third-order valence-corrected chi connectivity index (χ3v) is 3.36. The third-order valence-electron chi connectivity index (χ3n) is 2.95. The molecular weight excluding hydrogens is 296 g/mol. The van der Waals surface area contributed by atoms with Gasteiger partial charge in [0.1, 0.15) is 11.8 Å². The fourth-order valence-electron chi connectivity index (χ4n) is 1.74. The van der Waals surface area contributed by atoms with E-state index in [1.54, 1.807) is 32.9 Å². The fourth-order valence-corrected chi connectivity index (χ4v) is 1.90. The number of hydrogen-bond donors (Lipinski definition) is 3. The van der Waals surface area contributed by atoms with Gasteiger partial charge in [-0.1, -0.05) is 25.4 Å². The molecule has 0 spiro atoms. The number of carboxylic acids is 1. The van der Waals surface area contributed by atoms with Crippen LogP contribution in [0.25, 0.3) is 0 Å². The van der Waals surface area contributed by atoms with E-state index >= 15 is 0 Å². The van der Waals surface area contributed by atoms with Crippen molar-refractivity contribution in [3.63, 3.8) is 0 Å². The molecule has 21 heavy (non-hydrogen) atoms. The number of amides is 2. The summed E-state index contributed by atoms with van der Waals surface area (Å²) >= 11 is 5.98. The van der Waals surface area contributed by atoms with Crippen LogP contribution in [0, 0.1) is 12.8 Å². The Labute approximate surface area is 128 Å². The molecule has 0 aromatic heterocycles. The molecule has 0 aliphatic carbocycles. The first kappa shape index (κ1) is 17.1. The second-order valence-corrected chi connectivity index (χ2v) is 5.37. The summed E-state index contributed by atoms with van der Waals surface area (Å²) in [6.07, 6.45) is 0. The molecule has 0 radical (unpaired) electrons. The van der Waals surface area contributed by atoms with E-state index in [1.165, 1.54) is 7.11 Å². The van der Waals surface area contributed by atoms with E-state index in [2.05, 4.69) is 10.6 Å². The van der Waals surface area contributed by atoms with Crippen molar-refractivity contribution >= 4 is 29.3 Å². The first-order valence-electron chi connectivity index (χ1n) is 6.40. The number of carbonyl (C=O) groups is 2. The predicted molar refractivity (Wildman–Crippen MR) is 81.2 cm³/mol. The minimum Gasteiger partial charge on any atom is -0.495 e. The van der Waals surface area contributed by atoms with Gasteiger partial charge in [-0.25, -0.2) is 9.59 Å². The van der Waals surface area contributed by atoms with Crippen molar-refractivity contribution in [2.45, 2.75) is 26.8 Å². The number of halogens is 1. The average molecular weight is 315 g/mol. The van der Waals surface area contributed by atoms with E-state index in [9.17, 15) is 9.59 Å². The quantitative estimate of drug-likeness (QED) is 0.779. The van der Waals surface area contributed by atoms with Crippen LogP contribution in [0.1, 0.15) is 19.4 Å². The van der Waals surface area contributed by atoms with Crippen molar-refractivity contribution in [1.29, 1.82) is 0 Å². The Morgan fingerprint density at radius 2 is 1.95 bits per heavy atom. The van der Waals surface area contributed by atoms with Crippen LogP contribution in [-0.4, -0.2) is 30.3 Å². The molecule has 1 aromatic carbocycles. The molecule has 0 aliphatic heterocycles. The van der Waals surface area contributed by atoms with Crippen LogP contribution in [0.4, 0.5) is 10.5 Å². The van der Waals surface area contributed by atoms with E-state index in [1.807, 2.05) is 0 Å².